The van der Waals surface area contributed by atoms with E-state index in [0.29, 0.717) is 17.5 Å². The van der Waals surface area contributed by atoms with E-state index in [-0.39, 0.29) is 0 Å². The van der Waals surface area contributed by atoms with Gasteiger partial charge in [0.2, 0.25) is 0 Å². The Labute approximate surface area is 325 Å². The number of aromatic nitrogens is 4. The van der Waals surface area contributed by atoms with E-state index in [2.05, 4.69) is 120 Å². The van der Waals surface area contributed by atoms with Gasteiger partial charge in [-0.15, -0.1) is 0 Å². The zero-order chi connectivity index (χ0) is 37.5. The standard InChI is InChI=1S/C51H30N4O2/c1-3-13-31(14-4-1)33-25-27-38-46(30-33)56-45-24-12-22-43(47(38)45)55-41-21-9-7-17-35(41)40-29-34(26-28-42(40)55)50-52-49(32-15-5-2-6-16-32)53-51(54-50)39-20-11-19-37-36-18-8-10-23-44(36)57-48(37)39/h1-30H. The second-order valence-electron chi connectivity index (χ2n) is 14.4. The molecule has 0 aliphatic rings. The van der Waals surface area contributed by atoms with Crippen LogP contribution in [0.15, 0.2) is 191 Å². The summed E-state index contributed by atoms with van der Waals surface area (Å²) in [6, 6.07) is 62.7. The molecule has 57 heavy (non-hydrogen) atoms. The number of nitrogens with zero attached hydrogens (tertiary/aromatic N) is 4. The first-order valence-corrected chi connectivity index (χ1v) is 19.0. The lowest BCUT2D eigenvalue weighted by Gasteiger charge is -2.11. The van der Waals surface area contributed by atoms with Crippen molar-refractivity contribution in [3.63, 3.8) is 0 Å². The van der Waals surface area contributed by atoms with Crippen LogP contribution in [0.3, 0.4) is 0 Å². The van der Waals surface area contributed by atoms with Crippen LogP contribution in [0, 0.1) is 0 Å². The van der Waals surface area contributed by atoms with Crippen molar-refractivity contribution in [2.45, 2.75) is 0 Å². The summed E-state index contributed by atoms with van der Waals surface area (Å²) in [7, 11) is 0. The van der Waals surface area contributed by atoms with Crippen LogP contribution in [0.25, 0.3) is 117 Å². The largest absolute Gasteiger partial charge is 0.456 e. The van der Waals surface area contributed by atoms with Crippen molar-refractivity contribution >= 4 is 65.7 Å². The molecule has 0 radical (unpaired) electrons. The average molecular weight is 731 g/mol. The molecule has 8 aromatic carbocycles. The van der Waals surface area contributed by atoms with E-state index in [1.165, 1.54) is 0 Å². The van der Waals surface area contributed by atoms with Crippen molar-refractivity contribution < 1.29 is 8.83 Å². The van der Waals surface area contributed by atoms with E-state index < -0.39 is 0 Å². The van der Waals surface area contributed by atoms with Crippen LogP contribution in [0.5, 0.6) is 0 Å². The maximum Gasteiger partial charge on any atom is 0.167 e. The molecule has 266 valence electrons. The molecule has 6 heteroatoms. The van der Waals surface area contributed by atoms with Crippen LogP contribution >= 0.6 is 0 Å². The lowest BCUT2D eigenvalue weighted by molar-refractivity contribution is 0.669. The van der Waals surface area contributed by atoms with Gasteiger partial charge in [0.25, 0.3) is 0 Å². The molecule has 0 unspecified atom stereocenters. The van der Waals surface area contributed by atoms with Crippen LogP contribution in [-0.4, -0.2) is 19.5 Å². The Morgan fingerprint density at radius 3 is 1.86 bits per heavy atom. The molecule has 0 aliphatic heterocycles. The number of rotatable bonds is 5. The van der Waals surface area contributed by atoms with Gasteiger partial charge in [0, 0.05) is 38.1 Å². The molecule has 0 amide bonds. The van der Waals surface area contributed by atoms with E-state index in [9.17, 15) is 0 Å². The highest BCUT2D eigenvalue weighted by molar-refractivity contribution is 6.15. The van der Waals surface area contributed by atoms with Gasteiger partial charge < -0.3 is 13.4 Å². The van der Waals surface area contributed by atoms with Gasteiger partial charge in [-0.2, -0.15) is 0 Å². The van der Waals surface area contributed by atoms with Gasteiger partial charge in [0.15, 0.2) is 17.5 Å². The van der Waals surface area contributed by atoms with Crippen LogP contribution in [-0.2, 0) is 0 Å². The summed E-state index contributed by atoms with van der Waals surface area (Å²) in [6.07, 6.45) is 0. The minimum atomic E-state index is 0.556. The third-order valence-corrected chi connectivity index (χ3v) is 11.1. The lowest BCUT2D eigenvalue weighted by Crippen LogP contribution is -2.00. The van der Waals surface area contributed by atoms with Crippen molar-refractivity contribution in [1.82, 2.24) is 19.5 Å². The molecule has 0 atom stereocenters. The minimum absolute atomic E-state index is 0.556. The fourth-order valence-electron chi connectivity index (χ4n) is 8.44. The van der Waals surface area contributed by atoms with Gasteiger partial charge in [0.1, 0.15) is 22.3 Å². The molecule has 0 spiro atoms. The summed E-state index contributed by atoms with van der Waals surface area (Å²) in [6.45, 7) is 0. The quantitative estimate of drug-likeness (QED) is 0.176. The maximum absolute atomic E-state index is 6.55. The molecular weight excluding hydrogens is 701 g/mol. The first-order valence-electron chi connectivity index (χ1n) is 19.0. The van der Waals surface area contributed by atoms with E-state index in [4.69, 9.17) is 23.8 Å². The topological polar surface area (TPSA) is 69.9 Å². The van der Waals surface area contributed by atoms with E-state index >= 15 is 0 Å². The van der Waals surface area contributed by atoms with Gasteiger partial charge >= 0.3 is 0 Å². The number of benzene rings is 8. The van der Waals surface area contributed by atoms with Crippen LogP contribution < -0.4 is 0 Å². The highest BCUT2D eigenvalue weighted by Gasteiger charge is 2.21. The number of furan rings is 2. The Morgan fingerprint density at radius 2 is 1.00 bits per heavy atom. The molecule has 0 N–H and O–H groups in total. The Balaban J connectivity index is 1.06. The Hall–Kier alpha value is -7.83. The Bertz CT molecular complexity index is 3530. The van der Waals surface area contributed by atoms with Crippen LogP contribution in [0.2, 0.25) is 0 Å². The van der Waals surface area contributed by atoms with Crippen molar-refractivity contribution in [3.05, 3.63) is 182 Å². The molecular formula is C51H30N4O2. The van der Waals surface area contributed by atoms with Gasteiger partial charge in [-0.05, 0) is 71.8 Å². The van der Waals surface area contributed by atoms with Crippen molar-refractivity contribution in [2.75, 3.05) is 0 Å². The SMILES string of the molecule is c1ccc(-c2ccc3c(c2)oc2cccc(-n4c5ccccc5c5cc(-c6nc(-c7ccccc7)nc(-c7cccc8c7oc7ccccc78)n6)ccc54)c23)cc1. The normalized spacial score (nSPS) is 11.9. The molecule has 4 aromatic heterocycles. The summed E-state index contributed by atoms with van der Waals surface area (Å²) in [5.74, 6) is 1.74. The summed E-state index contributed by atoms with van der Waals surface area (Å²) in [5, 5.41) is 6.47. The number of fused-ring (bicyclic) bond motifs is 9. The van der Waals surface area contributed by atoms with Gasteiger partial charge in [0.05, 0.1) is 27.7 Å². The molecule has 0 fully saturated rings. The molecule has 0 saturated carbocycles. The van der Waals surface area contributed by atoms with E-state index in [0.717, 1.165) is 99.2 Å². The Kier molecular flexibility index (Phi) is 6.83. The molecule has 6 nitrogen and oxygen atoms in total. The zero-order valence-electron chi connectivity index (χ0n) is 30.4. The third-order valence-electron chi connectivity index (χ3n) is 11.1. The van der Waals surface area contributed by atoms with E-state index in [1.54, 1.807) is 0 Å². The van der Waals surface area contributed by atoms with Crippen molar-refractivity contribution in [3.8, 4) is 51.0 Å². The zero-order valence-corrected chi connectivity index (χ0v) is 30.4. The fourth-order valence-corrected chi connectivity index (χ4v) is 8.44. The van der Waals surface area contributed by atoms with Gasteiger partial charge in [-0.25, -0.2) is 15.0 Å². The second-order valence-corrected chi connectivity index (χ2v) is 14.4. The van der Waals surface area contributed by atoms with Crippen LogP contribution in [0.1, 0.15) is 0 Å². The maximum atomic E-state index is 6.55. The van der Waals surface area contributed by atoms with Gasteiger partial charge in [-0.3, -0.25) is 0 Å². The molecule has 0 bridgehead atoms. The summed E-state index contributed by atoms with van der Waals surface area (Å²) in [5.41, 5.74) is 11.4. The second kappa shape index (κ2) is 12.3. The smallest absolute Gasteiger partial charge is 0.167 e. The summed E-state index contributed by atoms with van der Waals surface area (Å²) < 4.78 is 15.4. The molecule has 0 saturated heterocycles. The van der Waals surface area contributed by atoms with E-state index in [1.807, 2.05) is 66.7 Å². The minimum Gasteiger partial charge on any atom is -0.456 e. The Morgan fingerprint density at radius 1 is 0.351 bits per heavy atom. The predicted molar refractivity (Wildman–Crippen MR) is 230 cm³/mol. The lowest BCUT2D eigenvalue weighted by atomic mass is 10.0. The fraction of sp³-hybridized carbons (Fsp3) is 0. The third kappa shape index (κ3) is 4.94. The van der Waals surface area contributed by atoms with Crippen molar-refractivity contribution in [1.29, 1.82) is 0 Å². The molecule has 12 rings (SSSR count). The highest BCUT2D eigenvalue weighted by atomic mass is 16.3. The molecule has 4 heterocycles. The van der Waals surface area contributed by atoms with Gasteiger partial charge in [-0.1, -0.05) is 121 Å². The predicted octanol–water partition coefficient (Wildman–Crippen LogP) is 13.4. The summed E-state index contributed by atoms with van der Waals surface area (Å²) >= 11 is 0. The number of hydrogen-bond acceptors (Lipinski definition) is 5. The van der Waals surface area contributed by atoms with Crippen molar-refractivity contribution in [2.24, 2.45) is 0 Å². The van der Waals surface area contributed by atoms with Crippen LogP contribution in [0.4, 0.5) is 0 Å². The number of hydrogen-bond donors (Lipinski definition) is 0. The first-order chi connectivity index (χ1) is 28.2. The average Bonchev–Trinajstić information content (AvgIpc) is 3.96. The highest BCUT2D eigenvalue weighted by Crippen LogP contribution is 2.41. The molecule has 0 aliphatic carbocycles. The summed E-state index contributed by atoms with van der Waals surface area (Å²) in [4.78, 5) is 15.3. The monoisotopic (exact) mass is 730 g/mol. The number of para-hydroxylation sites is 3. The first kappa shape index (κ1) is 31.5. The molecule has 12 aromatic rings.